The molecular weight excluding hydrogens is 300 g/mol. The van der Waals surface area contributed by atoms with Crippen molar-refractivity contribution >= 4 is 23.6 Å². The van der Waals surface area contributed by atoms with Crippen molar-refractivity contribution in [1.29, 1.82) is 0 Å². The Kier molecular flexibility index (Phi) is 5.63. The second-order valence-corrected chi connectivity index (χ2v) is 6.24. The normalized spacial score (nSPS) is 13.6. The first-order valence-electron chi connectivity index (χ1n) is 7.83. The Balaban J connectivity index is 0.00000192. The third-order valence-electron chi connectivity index (χ3n) is 4.15. The fourth-order valence-electron chi connectivity index (χ4n) is 3.05. The first-order valence-corrected chi connectivity index (χ1v) is 7.83. The summed E-state index contributed by atoms with van der Waals surface area (Å²) in [5.41, 5.74) is 9.43. The summed E-state index contributed by atoms with van der Waals surface area (Å²) in [4.78, 5) is 0. The van der Waals surface area contributed by atoms with Crippen molar-refractivity contribution in [3.8, 4) is 0 Å². The molecule has 1 aliphatic rings. The number of rotatable bonds is 4. The molecule has 0 unspecified atom stereocenters. The molecule has 1 aliphatic carbocycles. The van der Waals surface area contributed by atoms with Crippen molar-refractivity contribution in [2.24, 2.45) is 0 Å². The lowest BCUT2D eigenvalue weighted by atomic mass is 10.00. The van der Waals surface area contributed by atoms with E-state index < -0.39 is 0 Å². The number of benzene rings is 2. The molecule has 3 rings (SSSR count). The molecule has 0 radical (unpaired) electrons. The molecule has 2 aromatic rings. The Hall–Kier alpha value is -2.05. The molecule has 0 amide bonds. The van der Waals surface area contributed by atoms with Gasteiger partial charge in [-0.3, -0.25) is 0 Å². The topological polar surface area (TPSA) is 0 Å². The van der Waals surface area contributed by atoms with E-state index in [1.54, 1.807) is 0 Å². The van der Waals surface area contributed by atoms with E-state index in [0.717, 1.165) is 12.8 Å². The van der Waals surface area contributed by atoms with Gasteiger partial charge >= 0.3 is 0 Å². The molecular formula is C22H23Cl. The first-order chi connectivity index (χ1) is 10.6. The molecule has 0 bridgehead atoms. The largest absolute Gasteiger partial charge is 0.147 e. The molecule has 0 aromatic heterocycles. The maximum atomic E-state index is 3.99. The number of allylic oxidation sites excluding steroid dienone is 5. The monoisotopic (exact) mass is 322 g/mol. The fraction of sp³-hybridized carbons (Fsp3) is 0.182. The minimum atomic E-state index is 0. The van der Waals surface area contributed by atoms with Crippen LogP contribution in [0.2, 0.25) is 0 Å². The fourth-order valence-corrected chi connectivity index (χ4v) is 3.05. The van der Waals surface area contributed by atoms with Gasteiger partial charge in [-0.25, -0.2) is 0 Å². The van der Waals surface area contributed by atoms with Gasteiger partial charge in [0.2, 0.25) is 0 Å². The molecule has 0 atom stereocenters. The van der Waals surface area contributed by atoms with Crippen LogP contribution in [-0.2, 0) is 6.42 Å². The Labute approximate surface area is 145 Å². The lowest BCUT2D eigenvalue weighted by molar-refractivity contribution is 1.15. The maximum Gasteiger partial charge on any atom is -0.00545 e. The Morgan fingerprint density at radius 1 is 0.957 bits per heavy atom. The Bertz CT molecular complexity index is 746. The van der Waals surface area contributed by atoms with E-state index in [2.05, 4.69) is 81.1 Å². The average molecular weight is 323 g/mol. The summed E-state index contributed by atoms with van der Waals surface area (Å²) >= 11 is 0. The SMILES string of the molecule is C=C(C)Cc1ccc(C2=CC(c3ccccc3)=C(C)C2)cc1.Cl. The number of halogens is 1. The first kappa shape index (κ1) is 17.3. The predicted molar refractivity (Wildman–Crippen MR) is 104 cm³/mol. The molecule has 0 N–H and O–H groups in total. The summed E-state index contributed by atoms with van der Waals surface area (Å²) in [5, 5.41) is 0. The highest BCUT2D eigenvalue weighted by molar-refractivity contribution is 5.91. The van der Waals surface area contributed by atoms with Crippen molar-refractivity contribution in [1.82, 2.24) is 0 Å². The summed E-state index contributed by atoms with van der Waals surface area (Å²) in [5.74, 6) is 0. The summed E-state index contributed by atoms with van der Waals surface area (Å²) in [7, 11) is 0. The van der Waals surface area contributed by atoms with Gasteiger partial charge in [-0.1, -0.05) is 78.4 Å². The molecule has 2 aromatic carbocycles. The van der Waals surface area contributed by atoms with Gasteiger partial charge in [0.25, 0.3) is 0 Å². The van der Waals surface area contributed by atoms with Gasteiger partial charge in [0, 0.05) is 0 Å². The zero-order valence-electron chi connectivity index (χ0n) is 13.8. The minimum Gasteiger partial charge on any atom is -0.147 e. The summed E-state index contributed by atoms with van der Waals surface area (Å²) in [6.07, 6.45) is 4.36. The lowest BCUT2D eigenvalue weighted by Crippen LogP contribution is -1.87. The molecule has 0 heterocycles. The van der Waals surface area contributed by atoms with Crippen molar-refractivity contribution in [3.05, 3.63) is 95.1 Å². The number of hydrogen-bond acceptors (Lipinski definition) is 0. The van der Waals surface area contributed by atoms with Gasteiger partial charge in [-0.15, -0.1) is 12.4 Å². The van der Waals surface area contributed by atoms with Gasteiger partial charge < -0.3 is 0 Å². The molecule has 0 saturated carbocycles. The van der Waals surface area contributed by atoms with Crippen LogP contribution in [0.15, 0.2) is 78.4 Å². The van der Waals surface area contributed by atoms with Crippen LogP contribution in [0.5, 0.6) is 0 Å². The van der Waals surface area contributed by atoms with Gasteiger partial charge in [-0.2, -0.15) is 0 Å². The Morgan fingerprint density at radius 2 is 1.61 bits per heavy atom. The summed E-state index contributed by atoms with van der Waals surface area (Å²) in [6.45, 7) is 8.30. The molecule has 0 nitrogen and oxygen atoms in total. The van der Waals surface area contributed by atoms with E-state index >= 15 is 0 Å². The third kappa shape index (κ3) is 4.03. The summed E-state index contributed by atoms with van der Waals surface area (Å²) < 4.78 is 0. The molecule has 0 spiro atoms. The van der Waals surface area contributed by atoms with Gasteiger partial charge in [0.05, 0.1) is 0 Å². The molecule has 0 aliphatic heterocycles. The Morgan fingerprint density at radius 3 is 2.22 bits per heavy atom. The quantitative estimate of drug-likeness (QED) is 0.564. The van der Waals surface area contributed by atoms with Gasteiger partial charge in [0.1, 0.15) is 0 Å². The van der Waals surface area contributed by atoms with E-state index in [1.807, 2.05) is 0 Å². The highest BCUT2D eigenvalue weighted by Crippen LogP contribution is 2.37. The van der Waals surface area contributed by atoms with E-state index in [1.165, 1.54) is 39.0 Å². The maximum absolute atomic E-state index is 3.99. The van der Waals surface area contributed by atoms with Crippen LogP contribution in [0, 0.1) is 0 Å². The lowest BCUT2D eigenvalue weighted by Gasteiger charge is -2.05. The van der Waals surface area contributed by atoms with Gasteiger partial charge in [0.15, 0.2) is 0 Å². The molecule has 23 heavy (non-hydrogen) atoms. The van der Waals surface area contributed by atoms with Crippen LogP contribution < -0.4 is 0 Å². The second kappa shape index (κ2) is 7.48. The van der Waals surface area contributed by atoms with E-state index in [4.69, 9.17) is 0 Å². The van der Waals surface area contributed by atoms with Crippen LogP contribution in [0.4, 0.5) is 0 Å². The van der Waals surface area contributed by atoms with Crippen LogP contribution >= 0.6 is 12.4 Å². The highest BCUT2D eigenvalue weighted by Gasteiger charge is 2.15. The van der Waals surface area contributed by atoms with Gasteiger partial charge in [-0.05, 0) is 54.5 Å². The third-order valence-corrected chi connectivity index (χ3v) is 4.15. The van der Waals surface area contributed by atoms with Crippen LogP contribution in [0.25, 0.3) is 11.1 Å². The van der Waals surface area contributed by atoms with Crippen molar-refractivity contribution in [2.45, 2.75) is 26.7 Å². The molecule has 0 fully saturated rings. The standard InChI is InChI=1S/C22H22.ClH/c1-16(2)13-18-9-11-19(12-10-18)21-14-17(3)22(15-21)20-7-5-4-6-8-20;/h4-12,15H,1,13-14H2,2-3H3;1H. The predicted octanol–water partition coefficient (Wildman–Crippen LogP) is 6.49. The second-order valence-electron chi connectivity index (χ2n) is 6.24. The van der Waals surface area contributed by atoms with E-state index in [0.29, 0.717) is 0 Å². The highest BCUT2D eigenvalue weighted by atomic mass is 35.5. The van der Waals surface area contributed by atoms with Crippen molar-refractivity contribution < 1.29 is 0 Å². The molecule has 118 valence electrons. The zero-order chi connectivity index (χ0) is 15.5. The van der Waals surface area contributed by atoms with Crippen molar-refractivity contribution in [3.63, 3.8) is 0 Å². The molecule has 0 saturated heterocycles. The number of hydrogen-bond donors (Lipinski definition) is 0. The van der Waals surface area contributed by atoms with E-state index in [9.17, 15) is 0 Å². The summed E-state index contributed by atoms with van der Waals surface area (Å²) in [6, 6.07) is 19.6. The van der Waals surface area contributed by atoms with Crippen LogP contribution in [0.3, 0.4) is 0 Å². The van der Waals surface area contributed by atoms with Crippen molar-refractivity contribution in [2.75, 3.05) is 0 Å². The molecule has 1 heteroatoms. The zero-order valence-corrected chi connectivity index (χ0v) is 14.6. The average Bonchev–Trinajstić information content (AvgIpc) is 2.90. The van der Waals surface area contributed by atoms with Crippen LogP contribution in [-0.4, -0.2) is 0 Å². The smallest absolute Gasteiger partial charge is 0.00545 e. The van der Waals surface area contributed by atoms with E-state index in [-0.39, 0.29) is 12.4 Å². The minimum absolute atomic E-state index is 0. The van der Waals surface area contributed by atoms with Crippen LogP contribution in [0.1, 0.15) is 37.0 Å².